The van der Waals surface area contributed by atoms with Crippen molar-refractivity contribution in [1.29, 1.82) is 0 Å². The predicted octanol–water partition coefficient (Wildman–Crippen LogP) is 2.21. The van der Waals surface area contributed by atoms with E-state index in [0.717, 1.165) is 11.1 Å². The SMILES string of the molecule is COCCNc1cc(C(=O)O)nc(-c2ccc(C)cc2)n1. The van der Waals surface area contributed by atoms with Gasteiger partial charge in [0.25, 0.3) is 0 Å². The number of carboxylic acid groups (broad SMARTS) is 1. The van der Waals surface area contributed by atoms with Crippen molar-refractivity contribution < 1.29 is 14.6 Å². The van der Waals surface area contributed by atoms with Crippen LogP contribution in [0.5, 0.6) is 0 Å². The molecule has 21 heavy (non-hydrogen) atoms. The summed E-state index contributed by atoms with van der Waals surface area (Å²) in [6.45, 7) is 3.03. The average molecular weight is 287 g/mol. The number of nitrogens with zero attached hydrogens (tertiary/aromatic N) is 2. The van der Waals surface area contributed by atoms with Gasteiger partial charge in [-0.05, 0) is 6.92 Å². The fourth-order valence-electron chi connectivity index (χ4n) is 1.76. The lowest BCUT2D eigenvalue weighted by atomic mass is 10.1. The third-order valence-electron chi connectivity index (χ3n) is 2.87. The Hall–Kier alpha value is -2.47. The van der Waals surface area contributed by atoms with Gasteiger partial charge in [0.05, 0.1) is 6.61 Å². The molecular weight excluding hydrogens is 270 g/mol. The van der Waals surface area contributed by atoms with E-state index in [2.05, 4.69) is 15.3 Å². The summed E-state index contributed by atoms with van der Waals surface area (Å²) >= 11 is 0. The van der Waals surface area contributed by atoms with Gasteiger partial charge < -0.3 is 15.2 Å². The first-order valence-electron chi connectivity index (χ1n) is 6.52. The Kier molecular flexibility index (Phi) is 4.84. The fourth-order valence-corrected chi connectivity index (χ4v) is 1.76. The minimum atomic E-state index is -1.08. The third-order valence-corrected chi connectivity index (χ3v) is 2.87. The molecular formula is C15H17N3O3. The number of aromatic carboxylic acids is 1. The Morgan fingerprint density at radius 2 is 2.00 bits per heavy atom. The van der Waals surface area contributed by atoms with Crippen molar-refractivity contribution in [2.75, 3.05) is 25.6 Å². The maximum atomic E-state index is 11.2. The molecule has 1 heterocycles. The lowest BCUT2D eigenvalue weighted by molar-refractivity contribution is 0.0690. The van der Waals surface area contributed by atoms with Crippen LogP contribution in [0.3, 0.4) is 0 Å². The molecule has 0 radical (unpaired) electrons. The molecule has 0 spiro atoms. The number of hydrogen-bond donors (Lipinski definition) is 2. The summed E-state index contributed by atoms with van der Waals surface area (Å²) in [7, 11) is 1.60. The molecule has 1 aromatic heterocycles. The van der Waals surface area contributed by atoms with Gasteiger partial charge in [0.2, 0.25) is 0 Å². The van der Waals surface area contributed by atoms with Crippen LogP contribution >= 0.6 is 0 Å². The Morgan fingerprint density at radius 1 is 1.29 bits per heavy atom. The largest absolute Gasteiger partial charge is 0.477 e. The van der Waals surface area contributed by atoms with Gasteiger partial charge in [-0.1, -0.05) is 29.8 Å². The van der Waals surface area contributed by atoms with Crippen molar-refractivity contribution in [3.63, 3.8) is 0 Å². The van der Waals surface area contributed by atoms with Crippen LogP contribution in [0.15, 0.2) is 30.3 Å². The summed E-state index contributed by atoms with van der Waals surface area (Å²) in [6, 6.07) is 9.02. The number of rotatable bonds is 6. The lowest BCUT2D eigenvalue weighted by Crippen LogP contribution is -2.11. The van der Waals surface area contributed by atoms with E-state index in [1.165, 1.54) is 6.07 Å². The molecule has 0 saturated carbocycles. The smallest absolute Gasteiger partial charge is 0.354 e. The van der Waals surface area contributed by atoms with Crippen LogP contribution in [0.1, 0.15) is 16.1 Å². The Labute approximate surface area is 122 Å². The number of nitrogens with one attached hydrogen (secondary N) is 1. The number of methoxy groups -OCH3 is 1. The first-order valence-corrected chi connectivity index (χ1v) is 6.52. The summed E-state index contributed by atoms with van der Waals surface area (Å²) in [6.07, 6.45) is 0. The van der Waals surface area contributed by atoms with Crippen molar-refractivity contribution in [2.45, 2.75) is 6.92 Å². The molecule has 6 heteroatoms. The quantitative estimate of drug-likeness (QED) is 0.792. The Morgan fingerprint density at radius 3 is 2.62 bits per heavy atom. The highest BCUT2D eigenvalue weighted by Gasteiger charge is 2.11. The van der Waals surface area contributed by atoms with E-state index in [-0.39, 0.29) is 5.69 Å². The van der Waals surface area contributed by atoms with E-state index in [1.54, 1.807) is 7.11 Å². The van der Waals surface area contributed by atoms with Crippen LogP contribution in [-0.4, -0.2) is 41.3 Å². The van der Waals surface area contributed by atoms with Crippen molar-refractivity contribution in [1.82, 2.24) is 9.97 Å². The summed E-state index contributed by atoms with van der Waals surface area (Å²) < 4.78 is 4.95. The molecule has 0 atom stereocenters. The fraction of sp³-hybridized carbons (Fsp3) is 0.267. The maximum absolute atomic E-state index is 11.2. The molecule has 0 saturated heterocycles. The van der Waals surface area contributed by atoms with Crippen LogP contribution in [-0.2, 0) is 4.74 Å². The molecule has 0 bridgehead atoms. The number of ether oxygens (including phenoxy) is 1. The van der Waals surface area contributed by atoms with Crippen molar-refractivity contribution in [3.8, 4) is 11.4 Å². The third kappa shape index (κ3) is 4.00. The van der Waals surface area contributed by atoms with E-state index in [0.29, 0.717) is 24.8 Å². The topological polar surface area (TPSA) is 84.3 Å². The van der Waals surface area contributed by atoms with Gasteiger partial charge in [-0.3, -0.25) is 0 Å². The van der Waals surface area contributed by atoms with Crippen molar-refractivity contribution >= 4 is 11.8 Å². The van der Waals surface area contributed by atoms with Crippen LogP contribution in [0.25, 0.3) is 11.4 Å². The molecule has 2 aromatic rings. The molecule has 110 valence electrons. The molecule has 2 N–H and O–H groups in total. The van der Waals surface area contributed by atoms with E-state index in [4.69, 9.17) is 9.84 Å². The Balaban J connectivity index is 2.35. The molecule has 0 aliphatic heterocycles. The van der Waals surface area contributed by atoms with Gasteiger partial charge in [-0.15, -0.1) is 0 Å². The van der Waals surface area contributed by atoms with E-state index >= 15 is 0 Å². The Bertz CT molecular complexity index is 627. The van der Waals surface area contributed by atoms with Crippen LogP contribution < -0.4 is 5.32 Å². The number of anilines is 1. The summed E-state index contributed by atoms with van der Waals surface area (Å²) in [4.78, 5) is 19.6. The molecule has 6 nitrogen and oxygen atoms in total. The minimum absolute atomic E-state index is 0.0412. The zero-order valence-electron chi connectivity index (χ0n) is 12.0. The van der Waals surface area contributed by atoms with Crippen molar-refractivity contribution in [2.24, 2.45) is 0 Å². The van der Waals surface area contributed by atoms with Gasteiger partial charge in [-0.25, -0.2) is 14.8 Å². The molecule has 0 amide bonds. The van der Waals surface area contributed by atoms with Crippen LogP contribution in [0.2, 0.25) is 0 Å². The summed E-state index contributed by atoms with van der Waals surface area (Å²) in [5.41, 5.74) is 1.85. The average Bonchev–Trinajstić information content (AvgIpc) is 2.48. The number of aromatic nitrogens is 2. The molecule has 0 aliphatic carbocycles. The molecule has 1 aromatic carbocycles. The van der Waals surface area contributed by atoms with Crippen LogP contribution in [0.4, 0.5) is 5.82 Å². The number of carbonyl (C=O) groups is 1. The minimum Gasteiger partial charge on any atom is -0.477 e. The summed E-state index contributed by atoms with van der Waals surface area (Å²) in [5.74, 6) is -0.231. The van der Waals surface area contributed by atoms with E-state index in [1.807, 2.05) is 31.2 Å². The van der Waals surface area contributed by atoms with E-state index in [9.17, 15) is 4.79 Å². The number of aryl methyl sites for hydroxylation is 1. The maximum Gasteiger partial charge on any atom is 0.354 e. The molecule has 0 fully saturated rings. The molecule has 0 unspecified atom stereocenters. The monoisotopic (exact) mass is 287 g/mol. The first kappa shape index (κ1) is 14.9. The standard InChI is InChI=1S/C15H17N3O3/c1-10-3-5-11(6-4-10)14-17-12(15(19)20)9-13(18-14)16-7-8-21-2/h3-6,9H,7-8H2,1-2H3,(H,19,20)(H,16,17,18). The van der Waals surface area contributed by atoms with Gasteiger partial charge >= 0.3 is 5.97 Å². The lowest BCUT2D eigenvalue weighted by Gasteiger charge is -2.08. The number of hydrogen-bond acceptors (Lipinski definition) is 5. The van der Waals surface area contributed by atoms with Gasteiger partial charge in [0.15, 0.2) is 11.5 Å². The zero-order chi connectivity index (χ0) is 15.2. The van der Waals surface area contributed by atoms with Crippen LogP contribution in [0, 0.1) is 6.92 Å². The summed E-state index contributed by atoms with van der Waals surface area (Å²) in [5, 5.41) is 12.2. The number of benzene rings is 1. The van der Waals surface area contributed by atoms with Gasteiger partial charge in [-0.2, -0.15) is 0 Å². The predicted molar refractivity (Wildman–Crippen MR) is 79.5 cm³/mol. The second-order valence-corrected chi connectivity index (χ2v) is 4.55. The molecule has 2 rings (SSSR count). The highest BCUT2D eigenvalue weighted by atomic mass is 16.5. The number of carboxylic acids is 1. The van der Waals surface area contributed by atoms with Crippen molar-refractivity contribution in [3.05, 3.63) is 41.6 Å². The second kappa shape index (κ2) is 6.81. The van der Waals surface area contributed by atoms with Gasteiger partial charge in [0, 0.05) is 25.3 Å². The highest BCUT2D eigenvalue weighted by molar-refractivity contribution is 5.87. The zero-order valence-corrected chi connectivity index (χ0v) is 12.0. The first-order chi connectivity index (χ1) is 10.1. The normalized spacial score (nSPS) is 10.4. The highest BCUT2D eigenvalue weighted by Crippen LogP contribution is 2.18. The van der Waals surface area contributed by atoms with E-state index < -0.39 is 5.97 Å². The second-order valence-electron chi connectivity index (χ2n) is 4.55. The van der Waals surface area contributed by atoms with Gasteiger partial charge in [0.1, 0.15) is 5.82 Å². The molecule has 0 aliphatic rings.